The van der Waals surface area contributed by atoms with E-state index in [1.54, 1.807) is 0 Å². The molecule has 1 heterocycles. The van der Waals surface area contributed by atoms with E-state index >= 15 is 0 Å². The molecule has 1 aliphatic heterocycles. The fourth-order valence-corrected chi connectivity index (χ4v) is 2.47. The Labute approximate surface area is 107 Å². The molecule has 1 atom stereocenters. The van der Waals surface area contributed by atoms with Crippen LogP contribution in [-0.4, -0.2) is 32.3 Å². The molecule has 4 heteroatoms. The van der Waals surface area contributed by atoms with E-state index in [1.807, 2.05) is 12.1 Å². The first kappa shape index (κ1) is 12.7. The molecule has 2 rings (SSSR count). The minimum Gasteiger partial charge on any atom is -0.377 e. The Morgan fingerprint density at radius 3 is 3.06 bits per heavy atom. The SMILES string of the molecule is CC1COCCN1c1ccc(Cl)cc1CCN. The van der Waals surface area contributed by atoms with E-state index in [4.69, 9.17) is 22.1 Å². The average molecular weight is 255 g/mol. The van der Waals surface area contributed by atoms with Gasteiger partial charge in [0.2, 0.25) is 0 Å². The molecule has 17 heavy (non-hydrogen) atoms. The first-order valence-corrected chi connectivity index (χ1v) is 6.43. The number of hydrogen-bond acceptors (Lipinski definition) is 3. The second-order valence-corrected chi connectivity index (χ2v) is 4.87. The molecule has 0 radical (unpaired) electrons. The number of anilines is 1. The maximum absolute atomic E-state index is 6.04. The Bertz CT molecular complexity index is 384. The Balaban J connectivity index is 2.29. The van der Waals surface area contributed by atoms with Gasteiger partial charge in [0.05, 0.1) is 13.2 Å². The Kier molecular flexibility index (Phi) is 4.26. The van der Waals surface area contributed by atoms with E-state index in [2.05, 4.69) is 17.9 Å². The molecular formula is C13H19ClN2O. The van der Waals surface area contributed by atoms with Gasteiger partial charge in [-0.25, -0.2) is 0 Å². The molecule has 3 nitrogen and oxygen atoms in total. The van der Waals surface area contributed by atoms with Crippen molar-refractivity contribution in [2.24, 2.45) is 5.73 Å². The van der Waals surface area contributed by atoms with Crippen LogP contribution in [0.15, 0.2) is 18.2 Å². The number of halogens is 1. The lowest BCUT2D eigenvalue weighted by atomic mass is 10.1. The third-order valence-electron chi connectivity index (χ3n) is 3.13. The standard InChI is InChI=1S/C13H19ClN2O/c1-10-9-17-7-6-16(10)13-3-2-12(14)8-11(13)4-5-15/h2-3,8,10H,4-7,9,15H2,1H3. The molecule has 0 bridgehead atoms. The van der Waals surface area contributed by atoms with Crippen molar-refractivity contribution in [2.45, 2.75) is 19.4 Å². The lowest BCUT2D eigenvalue weighted by molar-refractivity contribution is 0.0989. The van der Waals surface area contributed by atoms with Gasteiger partial charge >= 0.3 is 0 Å². The molecule has 0 aromatic heterocycles. The molecule has 0 saturated carbocycles. The zero-order valence-corrected chi connectivity index (χ0v) is 10.9. The molecule has 0 amide bonds. The predicted octanol–water partition coefficient (Wildman–Crippen LogP) is 2.07. The Hall–Kier alpha value is -0.770. The van der Waals surface area contributed by atoms with Gasteiger partial charge in [0.15, 0.2) is 0 Å². The van der Waals surface area contributed by atoms with Crippen molar-refractivity contribution in [2.75, 3.05) is 31.2 Å². The van der Waals surface area contributed by atoms with Crippen LogP contribution in [0.1, 0.15) is 12.5 Å². The van der Waals surface area contributed by atoms with Gasteiger partial charge in [-0.15, -0.1) is 0 Å². The maximum atomic E-state index is 6.04. The predicted molar refractivity (Wildman–Crippen MR) is 71.8 cm³/mol. The van der Waals surface area contributed by atoms with Gasteiger partial charge in [-0.1, -0.05) is 11.6 Å². The second kappa shape index (κ2) is 5.71. The number of morpholine rings is 1. The smallest absolute Gasteiger partial charge is 0.0668 e. The summed E-state index contributed by atoms with van der Waals surface area (Å²) in [5.74, 6) is 0. The van der Waals surface area contributed by atoms with Crippen molar-refractivity contribution < 1.29 is 4.74 Å². The van der Waals surface area contributed by atoms with Gasteiger partial charge in [-0.05, 0) is 43.7 Å². The van der Waals surface area contributed by atoms with Crippen LogP contribution in [0.2, 0.25) is 5.02 Å². The fraction of sp³-hybridized carbons (Fsp3) is 0.538. The van der Waals surface area contributed by atoms with Crippen LogP contribution < -0.4 is 10.6 Å². The summed E-state index contributed by atoms with van der Waals surface area (Å²) in [5, 5.41) is 0.776. The Morgan fingerprint density at radius 2 is 2.35 bits per heavy atom. The maximum Gasteiger partial charge on any atom is 0.0668 e. The topological polar surface area (TPSA) is 38.5 Å². The number of hydrogen-bond donors (Lipinski definition) is 1. The third kappa shape index (κ3) is 2.92. The lowest BCUT2D eigenvalue weighted by Gasteiger charge is -2.36. The van der Waals surface area contributed by atoms with E-state index in [-0.39, 0.29) is 0 Å². The zero-order valence-electron chi connectivity index (χ0n) is 10.2. The highest BCUT2D eigenvalue weighted by molar-refractivity contribution is 6.30. The van der Waals surface area contributed by atoms with Gasteiger partial charge in [0.25, 0.3) is 0 Å². The summed E-state index contributed by atoms with van der Waals surface area (Å²) in [4.78, 5) is 2.38. The van der Waals surface area contributed by atoms with E-state index in [0.29, 0.717) is 12.6 Å². The van der Waals surface area contributed by atoms with Crippen molar-refractivity contribution in [1.29, 1.82) is 0 Å². The summed E-state index contributed by atoms with van der Waals surface area (Å²) < 4.78 is 5.46. The number of rotatable bonds is 3. The van der Waals surface area contributed by atoms with Gasteiger partial charge in [0, 0.05) is 23.3 Å². The van der Waals surface area contributed by atoms with Crippen LogP contribution in [0.5, 0.6) is 0 Å². The Morgan fingerprint density at radius 1 is 1.53 bits per heavy atom. The van der Waals surface area contributed by atoms with E-state index in [9.17, 15) is 0 Å². The molecule has 1 aliphatic rings. The summed E-state index contributed by atoms with van der Waals surface area (Å²) in [7, 11) is 0. The van der Waals surface area contributed by atoms with Crippen molar-refractivity contribution in [3.63, 3.8) is 0 Å². The molecule has 0 aliphatic carbocycles. The molecular weight excluding hydrogens is 236 g/mol. The van der Waals surface area contributed by atoms with Crippen LogP contribution in [-0.2, 0) is 11.2 Å². The lowest BCUT2D eigenvalue weighted by Crippen LogP contribution is -2.44. The van der Waals surface area contributed by atoms with E-state index in [0.717, 1.165) is 31.2 Å². The zero-order chi connectivity index (χ0) is 12.3. The van der Waals surface area contributed by atoms with Gasteiger partial charge in [-0.3, -0.25) is 0 Å². The minimum absolute atomic E-state index is 0.404. The van der Waals surface area contributed by atoms with Gasteiger partial charge in [0.1, 0.15) is 0 Å². The summed E-state index contributed by atoms with van der Waals surface area (Å²) >= 11 is 6.04. The molecule has 1 aromatic rings. The summed E-state index contributed by atoms with van der Waals surface area (Å²) in [5.41, 5.74) is 8.13. The number of ether oxygens (including phenoxy) is 1. The second-order valence-electron chi connectivity index (χ2n) is 4.43. The van der Waals surface area contributed by atoms with Crippen LogP contribution in [0.25, 0.3) is 0 Å². The number of benzene rings is 1. The van der Waals surface area contributed by atoms with Gasteiger partial charge < -0.3 is 15.4 Å². The van der Waals surface area contributed by atoms with Crippen LogP contribution >= 0.6 is 11.6 Å². The van der Waals surface area contributed by atoms with E-state index < -0.39 is 0 Å². The van der Waals surface area contributed by atoms with Gasteiger partial charge in [-0.2, -0.15) is 0 Å². The number of nitrogens with zero attached hydrogens (tertiary/aromatic N) is 1. The molecule has 94 valence electrons. The van der Waals surface area contributed by atoms with Crippen LogP contribution in [0.4, 0.5) is 5.69 Å². The monoisotopic (exact) mass is 254 g/mol. The molecule has 0 spiro atoms. The normalized spacial score (nSPS) is 20.6. The molecule has 1 saturated heterocycles. The first-order chi connectivity index (χ1) is 8.22. The largest absolute Gasteiger partial charge is 0.377 e. The number of nitrogens with two attached hydrogens (primary N) is 1. The summed E-state index contributed by atoms with van der Waals surface area (Å²) in [6.07, 6.45) is 0.861. The molecule has 1 unspecified atom stereocenters. The van der Waals surface area contributed by atoms with Crippen molar-refractivity contribution >= 4 is 17.3 Å². The van der Waals surface area contributed by atoms with Crippen molar-refractivity contribution in [3.05, 3.63) is 28.8 Å². The molecule has 1 aromatic carbocycles. The highest BCUT2D eigenvalue weighted by Gasteiger charge is 2.21. The van der Waals surface area contributed by atoms with Crippen LogP contribution in [0.3, 0.4) is 0 Å². The average Bonchev–Trinajstić information content (AvgIpc) is 2.31. The third-order valence-corrected chi connectivity index (χ3v) is 3.37. The summed E-state index contributed by atoms with van der Waals surface area (Å²) in [6, 6.07) is 6.46. The van der Waals surface area contributed by atoms with Crippen LogP contribution in [0, 0.1) is 0 Å². The molecule has 2 N–H and O–H groups in total. The first-order valence-electron chi connectivity index (χ1n) is 6.05. The fourth-order valence-electron chi connectivity index (χ4n) is 2.28. The van der Waals surface area contributed by atoms with E-state index in [1.165, 1.54) is 11.3 Å². The molecule has 1 fully saturated rings. The quantitative estimate of drug-likeness (QED) is 0.898. The summed E-state index contributed by atoms with van der Waals surface area (Å²) in [6.45, 7) is 5.33. The highest BCUT2D eigenvalue weighted by Crippen LogP contribution is 2.27. The van der Waals surface area contributed by atoms with Crippen molar-refractivity contribution in [3.8, 4) is 0 Å². The minimum atomic E-state index is 0.404. The highest BCUT2D eigenvalue weighted by atomic mass is 35.5. The van der Waals surface area contributed by atoms with Crippen molar-refractivity contribution in [1.82, 2.24) is 0 Å².